The summed E-state index contributed by atoms with van der Waals surface area (Å²) in [6.45, 7) is 10.9. The highest BCUT2D eigenvalue weighted by Crippen LogP contribution is 2.56. The second-order valence-electron chi connectivity index (χ2n) is 8.65. The quantitative estimate of drug-likeness (QED) is 0.798. The van der Waals surface area contributed by atoms with E-state index in [1.54, 1.807) is 5.92 Å². The van der Waals surface area contributed by atoms with Crippen molar-refractivity contribution in [3.8, 4) is 0 Å². The van der Waals surface area contributed by atoms with Gasteiger partial charge in [-0.15, -0.1) is 11.3 Å². The van der Waals surface area contributed by atoms with Gasteiger partial charge in [0.05, 0.1) is 13.2 Å². The van der Waals surface area contributed by atoms with Crippen LogP contribution in [0.15, 0.2) is 17.5 Å². The smallest absolute Gasteiger partial charge is 0.0516 e. The molecule has 4 rings (SSSR count). The lowest BCUT2D eigenvalue weighted by Gasteiger charge is -2.45. The van der Waals surface area contributed by atoms with E-state index in [1.165, 1.54) is 56.6 Å². The van der Waals surface area contributed by atoms with E-state index >= 15 is 0 Å². The van der Waals surface area contributed by atoms with E-state index in [4.69, 9.17) is 4.74 Å². The van der Waals surface area contributed by atoms with Gasteiger partial charge in [-0.05, 0) is 60.9 Å². The van der Waals surface area contributed by atoms with Crippen LogP contribution in [0.2, 0.25) is 0 Å². The standard InChI is InChI=1S/C20H30NOS/c1-19(2)14-21(10-7-16-12-22-13-16)15-20(19)8-5-17(6-9-20)18-4-3-11-23-18/h3-4,11,16H,5-10,12-15H2,1-2H3. The van der Waals surface area contributed by atoms with Crippen molar-refractivity contribution in [2.45, 2.75) is 46.0 Å². The first-order chi connectivity index (χ1) is 11.1. The average molecular weight is 333 g/mol. The molecule has 1 aromatic heterocycles. The van der Waals surface area contributed by atoms with Crippen molar-refractivity contribution in [3.05, 3.63) is 28.3 Å². The summed E-state index contributed by atoms with van der Waals surface area (Å²) in [5, 5.41) is 2.22. The normalized spacial score (nSPS) is 28.3. The van der Waals surface area contributed by atoms with Crippen LogP contribution in [0.5, 0.6) is 0 Å². The maximum absolute atomic E-state index is 5.33. The van der Waals surface area contributed by atoms with Gasteiger partial charge in [0.2, 0.25) is 0 Å². The van der Waals surface area contributed by atoms with Gasteiger partial charge in [0.15, 0.2) is 0 Å². The fourth-order valence-electron chi connectivity index (χ4n) is 4.99. The monoisotopic (exact) mass is 332 g/mol. The Morgan fingerprint density at radius 1 is 1.22 bits per heavy atom. The number of hydrogen-bond acceptors (Lipinski definition) is 3. The Balaban J connectivity index is 1.37. The second-order valence-corrected chi connectivity index (χ2v) is 9.60. The number of thiophene rings is 1. The zero-order chi connectivity index (χ0) is 15.9. The van der Waals surface area contributed by atoms with Crippen molar-refractivity contribution >= 4 is 11.3 Å². The van der Waals surface area contributed by atoms with Crippen LogP contribution in [0.25, 0.3) is 0 Å². The predicted octanol–water partition coefficient (Wildman–Crippen LogP) is 4.61. The summed E-state index contributed by atoms with van der Waals surface area (Å²) < 4.78 is 5.33. The fourth-order valence-corrected chi connectivity index (χ4v) is 5.82. The SMILES string of the molecule is CC1(C)CN(CCC2COC2)CC12CC[C](c1cccs1)CC2. The van der Waals surface area contributed by atoms with Crippen LogP contribution in [0.1, 0.15) is 50.8 Å². The van der Waals surface area contributed by atoms with Crippen molar-refractivity contribution in [2.24, 2.45) is 16.7 Å². The van der Waals surface area contributed by atoms with Crippen molar-refractivity contribution < 1.29 is 4.74 Å². The minimum Gasteiger partial charge on any atom is -0.381 e. The molecule has 3 heteroatoms. The molecule has 127 valence electrons. The van der Waals surface area contributed by atoms with E-state index in [2.05, 4.69) is 36.3 Å². The minimum absolute atomic E-state index is 0.462. The van der Waals surface area contributed by atoms with Gasteiger partial charge in [-0.2, -0.15) is 0 Å². The van der Waals surface area contributed by atoms with E-state index in [0.717, 1.165) is 19.1 Å². The lowest BCUT2D eigenvalue weighted by atomic mass is 9.59. The number of hydrogen-bond donors (Lipinski definition) is 0. The van der Waals surface area contributed by atoms with Gasteiger partial charge in [0.25, 0.3) is 0 Å². The highest BCUT2D eigenvalue weighted by molar-refractivity contribution is 7.10. The molecule has 0 N–H and O–H groups in total. The average Bonchev–Trinajstić information content (AvgIpc) is 3.06. The number of nitrogens with zero attached hydrogens (tertiary/aromatic N) is 1. The molecule has 2 aliphatic heterocycles. The Morgan fingerprint density at radius 3 is 2.61 bits per heavy atom. The molecule has 3 heterocycles. The maximum Gasteiger partial charge on any atom is 0.0516 e. The third kappa shape index (κ3) is 3.01. The Morgan fingerprint density at radius 2 is 2.00 bits per heavy atom. The highest BCUT2D eigenvalue weighted by atomic mass is 32.1. The zero-order valence-electron chi connectivity index (χ0n) is 14.6. The van der Waals surface area contributed by atoms with Gasteiger partial charge in [-0.1, -0.05) is 19.9 Å². The molecule has 0 aromatic carbocycles. The van der Waals surface area contributed by atoms with Gasteiger partial charge < -0.3 is 9.64 Å². The van der Waals surface area contributed by atoms with Crippen molar-refractivity contribution in [1.29, 1.82) is 0 Å². The third-order valence-corrected chi connectivity index (χ3v) is 7.79. The molecule has 1 aliphatic carbocycles. The number of ether oxygens (including phenoxy) is 1. The van der Waals surface area contributed by atoms with Gasteiger partial charge in [0.1, 0.15) is 0 Å². The summed E-state index contributed by atoms with van der Waals surface area (Å²) in [7, 11) is 0. The van der Waals surface area contributed by atoms with Gasteiger partial charge in [-0.3, -0.25) is 0 Å². The topological polar surface area (TPSA) is 12.5 Å². The molecule has 0 bridgehead atoms. The Kier molecular flexibility index (Phi) is 4.32. The van der Waals surface area contributed by atoms with Crippen LogP contribution in [-0.4, -0.2) is 37.7 Å². The summed E-state index contributed by atoms with van der Waals surface area (Å²) in [4.78, 5) is 4.30. The third-order valence-electron chi connectivity index (χ3n) is 6.82. The van der Waals surface area contributed by atoms with Crippen LogP contribution in [0, 0.1) is 22.7 Å². The first-order valence-electron chi connectivity index (χ1n) is 9.27. The first kappa shape index (κ1) is 16.1. The molecule has 0 atom stereocenters. The lowest BCUT2D eigenvalue weighted by molar-refractivity contribution is -0.0386. The van der Waals surface area contributed by atoms with E-state index in [1.807, 2.05) is 11.3 Å². The molecule has 2 saturated heterocycles. The van der Waals surface area contributed by atoms with Crippen LogP contribution >= 0.6 is 11.3 Å². The van der Waals surface area contributed by atoms with E-state index < -0.39 is 0 Å². The summed E-state index contributed by atoms with van der Waals surface area (Å²) in [6, 6.07) is 4.51. The molecule has 0 amide bonds. The van der Waals surface area contributed by atoms with Gasteiger partial charge in [-0.25, -0.2) is 0 Å². The van der Waals surface area contributed by atoms with E-state index in [9.17, 15) is 0 Å². The molecule has 1 saturated carbocycles. The summed E-state index contributed by atoms with van der Waals surface area (Å²) >= 11 is 1.92. The summed E-state index contributed by atoms with van der Waals surface area (Å²) in [5.41, 5.74) is 1.01. The summed E-state index contributed by atoms with van der Waals surface area (Å²) in [5.74, 6) is 2.55. The Hall–Kier alpha value is -0.380. The van der Waals surface area contributed by atoms with Crippen LogP contribution in [-0.2, 0) is 4.74 Å². The fraction of sp³-hybridized carbons (Fsp3) is 0.750. The first-order valence-corrected chi connectivity index (χ1v) is 10.1. The minimum atomic E-state index is 0.462. The Labute approximate surface area is 145 Å². The number of likely N-dealkylation sites (tertiary alicyclic amines) is 1. The summed E-state index contributed by atoms with van der Waals surface area (Å²) in [6.07, 6.45) is 6.73. The molecular weight excluding hydrogens is 302 g/mol. The van der Waals surface area contributed by atoms with Crippen LogP contribution in [0.3, 0.4) is 0 Å². The number of rotatable bonds is 4. The van der Waals surface area contributed by atoms with E-state index in [-0.39, 0.29) is 0 Å². The van der Waals surface area contributed by atoms with Crippen molar-refractivity contribution in [3.63, 3.8) is 0 Å². The highest BCUT2D eigenvalue weighted by Gasteiger charge is 2.53. The molecule has 2 nitrogen and oxygen atoms in total. The molecule has 3 aliphatic rings. The van der Waals surface area contributed by atoms with Crippen LogP contribution in [0.4, 0.5) is 0 Å². The second kappa shape index (κ2) is 6.16. The largest absolute Gasteiger partial charge is 0.381 e. The molecule has 3 fully saturated rings. The van der Waals surface area contributed by atoms with Crippen molar-refractivity contribution in [1.82, 2.24) is 4.90 Å². The predicted molar refractivity (Wildman–Crippen MR) is 96.7 cm³/mol. The van der Waals surface area contributed by atoms with Crippen LogP contribution < -0.4 is 0 Å². The molecule has 1 aromatic rings. The van der Waals surface area contributed by atoms with E-state index in [0.29, 0.717) is 10.8 Å². The molecular formula is C20H30NOS. The maximum atomic E-state index is 5.33. The molecule has 0 unspecified atom stereocenters. The van der Waals surface area contributed by atoms with Gasteiger partial charge >= 0.3 is 0 Å². The van der Waals surface area contributed by atoms with Gasteiger partial charge in [0, 0.05) is 29.8 Å². The zero-order valence-corrected chi connectivity index (χ0v) is 15.5. The Bertz CT molecular complexity index is 512. The molecule has 1 spiro atoms. The van der Waals surface area contributed by atoms with Crippen molar-refractivity contribution in [2.75, 3.05) is 32.8 Å². The molecule has 23 heavy (non-hydrogen) atoms. The molecule has 1 radical (unpaired) electrons. The lowest BCUT2D eigenvalue weighted by Crippen LogP contribution is -2.39.